The molecule has 1 aliphatic rings. The highest BCUT2D eigenvalue weighted by Gasteiger charge is 2.18. The number of benzene rings is 1. The molecule has 1 aromatic rings. The fraction of sp³-hybridized carbons (Fsp3) is 0.500. The van der Waals surface area contributed by atoms with E-state index >= 15 is 0 Å². The lowest BCUT2D eigenvalue weighted by molar-refractivity contribution is 0.202. The molecule has 1 fully saturated rings. The zero-order valence-corrected chi connectivity index (χ0v) is 13.2. The van der Waals surface area contributed by atoms with Gasteiger partial charge < -0.3 is 20.3 Å². The molecule has 5 nitrogen and oxygen atoms in total. The standard InChI is InChI=1S/C14H20BrN3O2/c1-2-16-10-11-9-12(3-4-13(11)15)20-8-7-18-6-5-17-14(18)19/h3-4,9,16H,2,5-8,10H2,1H3,(H,17,19). The van der Waals surface area contributed by atoms with Crippen LogP contribution in [-0.2, 0) is 6.54 Å². The first-order chi connectivity index (χ1) is 9.70. The Labute approximate surface area is 127 Å². The van der Waals surface area contributed by atoms with Crippen molar-refractivity contribution in [1.82, 2.24) is 15.5 Å². The predicted molar refractivity (Wildman–Crippen MR) is 82.0 cm³/mol. The summed E-state index contributed by atoms with van der Waals surface area (Å²) in [5, 5.41) is 6.07. The smallest absolute Gasteiger partial charge is 0.317 e. The van der Waals surface area contributed by atoms with Crippen LogP contribution in [0.1, 0.15) is 12.5 Å². The second-order valence-electron chi connectivity index (χ2n) is 4.60. The largest absolute Gasteiger partial charge is 0.492 e. The third-order valence-electron chi connectivity index (χ3n) is 3.16. The number of ether oxygens (including phenoxy) is 1. The summed E-state index contributed by atoms with van der Waals surface area (Å²) in [6, 6.07) is 5.95. The summed E-state index contributed by atoms with van der Waals surface area (Å²) in [7, 11) is 0. The fourth-order valence-corrected chi connectivity index (χ4v) is 2.42. The van der Waals surface area contributed by atoms with Crippen molar-refractivity contribution in [2.24, 2.45) is 0 Å². The number of hydrogen-bond acceptors (Lipinski definition) is 3. The topological polar surface area (TPSA) is 53.6 Å². The van der Waals surface area contributed by atoms with Crippen molar-refractivity contribution < 1.29 is 9.53 Å². The van der Waals surface area contributed by atoms with Gasteiger partial charge in [-0.25, -0.2) is 4.79 Å². The normalized spacial score (nSPS) is 14.5. The van der Waals surface area contributed by atoms with Crippen LogP contribution >= 0.6 is 15.9 Å². The fourth-order valence-electron chi connectivity index (χ4n) is 2.03. The van der Waals surface area contributed by atoms with Gasteiger partial charge in [-0.2, -0.15) is 0 Å². The number of carbonyl (C=O) groups excluding carboxylic acids is 1. The Morgan fingerprint density at radius 3 is 3.05 bits per heavy atom. The first-order valence-corrected chi connectivity index (χ1v) is 7.64. The van der Waals surface area contributed by atoms with Crippen LogP contribution in [0, 0.1) is 0 Å². The van der Waals surface area contributed by atoms with Crippen LogP contribution in [0.4, 0.5) is 4.79 Å². The highest BCUT2D eigenvalue weighted by Crippen LogP contribution is 2.22. The van der Waals surface area contributed by atoms with E-state index in [1.807, 2.05) is 18.2 Å². The van der Waals surface area contributed by atoms with Crippen molar-refractivity contribution in [3.8, 4) is 5.75 Å². The summed E-state index contributed by atoms with van der Waals surface area (Å²) in [6.45, 7) is 6.43. The Morgan fingerprint density at radius 2 is 2.35 bits per heavy atom. The Morgan fingerprint density at radius 1 is 1.50 bits per heavy atom. The number of nitrogens with zero attached hydrogens (tertiary/aromatic N) is 1. The van der Waals surface area contributed by atoms with Gasteiger partial charge in [0.2, 0.25) is 0 Å². The minimum absolute atomic E-state index is 0.00255. The average molecular weight is 342 g/mol. The highest BCUT2D eigenvalue weighted by atomic mass is 79.9. The maximum Gasteiger partial charge on any atom is 0.317 e. The van der Waals surface area contributed by atoms with Gasteiger partial charge in [0.25, 0.3) is 0 Å². The summed E-state index contributed by atoms with van der Waals surface area (Å²) in [5.74, 6) is 0.834. The van der Waals surface area contributed by atoms with E-state index in [-0.39, 0.29) is 6.03 Å². The molecule has 0 spiro atoms. The van der Waals surface area contributed by atoms with Crippen molar-refractivity contribution in [1.29, 1.82) is 0 Å². The van der Waals surface area contributed by atoms with Gasteiger partial charge in [-0.15, -0.1) is 0 Å². The third kappa shape index (κ3) is 4.11. The summed E-state index contributed by atoms with van der Waals surface area (Å²) < 4.78 is 6.80. The van der Waals surface area contributed by atoms with Crippen LogP contribution in [0.3, 0.4) is 0 Å². The van der Waals surface area contributed by atoms with Gasteiger partial charge in [-0.05, 0) is 30.3 Å². The molecule has 2 N–H and O–H groups in total. The van der Waals surface area contributed by atoms with Gasteiger partial charge in [0, 0.05) is 24.1 Å². The lowest BCUT2D eigenvalue weighted by atomic mass is 10.2. The molecule has 0 unspecified atom stereocenters. The van der Waals surface area contributed by atoms with Gasteiger partial charge in [0.05, 0.1) is 6.54 Å². The van der Waals surface area contributed by atoms with E-state index in [9.17, 15) is 4.79 Å². The molecule has 2 rings (SSSR count). The summed E-state index contributed by atoms with van der Waals surface area (Å²) >= 11 is 3.53. The number of rotatable bonds is 7. The second kappa shape index (κ2) is 7.50. The van der Waals surface area contributed by atoms with Gasteiger partial charge in [0.1, 0.15) is 12.4 Å². The van der Waals surface area contributed by atoms with Crippen molar-refractivity contribution in [2.75, 3.05) is 32.8 Å². The SMILES string of the molecule is CCNCc1cc(OCCN2CCNC2=O)ccc1Br. The van der Waals surface area contributed by atoms with Gasteiger partial charge in [0.15, 0.2) is 0 Å². The first kappa shape index (κ1) is 15.1. The third-order valence-corrected chi connectivity index (χ3v) is 3.93. The Balaban J connectivity index is 1.84. The first-order valence-electron chi connectivity index (χ1n) is 6.85. The van der Waals surface area contributed by atoms with E-state index in [1.165, 1.54) is 5.56 Å². The molecular weight excluding hydrogens is 322 g/mol. The van der Waals surface area contributed by atoms with E-state index < -0.39 is 0 Å². The lowest BCUT2D eigenvalue weighted by Crippen LogP contribution is -2.31. The number of halogens is 1. The summed E-state index contributed by atoms with van der Waals surface area (Å²) in [6.07, 6.45) is 0. The average Bonchev–Trinajstić information content (AvgIpc) is 2.85. The number of urea groups is 1. The van der Waals surface area contributed by atoms with Crippen molar-refractivity contribution in [3.05, 3.63) is 28.2 Å². The van der Waals surface area contributed by atoms with Crippen LogP contribution < -0.4 is 15.4 Å². The molecule has 20 heavy (non-hydrogen) atoms. The Hall–Kier alpha value is -1.27. The number of carbonyl (C=O) groups is 1. The molecule has 6 heteroatoms. The van der Waals surface area contributed by atoms with Crippen LogP contribution in [0.25, 0.3) is 0 Å². The van der Waals surface area contributed by atoms with Crippen LogP contribution in [-0.4, -0.2) is 43.7 Å². The number of nitrogens with one attached hydrogen (secondary N) is 2. The zero-order chi connectivity index (χ0) is 14.4. The van der Waals surface area contributed by atoms with Crippen molar-refractivity contribution in [3.63, 3.8) is 0 Å². The summed E-state index contributed by atoms with van der Waals surface area (Å²) in [5.41, 5.74) is 1.17. The Bertz CT molecular complexity index is 468. The maximum atomic E-state index is 11.4. The zero-order valence-electron chi connectivity index (χ0n) is 11.6. The van der Waals surface area contributed by atoms with Gasteiger partial charge in [-0.3, -0.25) is 0 Å². The summed E-state index contributed by atoms with van der Waals surface area (Å²) in [4.78, 5) is 13.1. The molecule has 1 aliphatic heterocycles. The monoisotopic (exact) mass is 341 g/mol. The molecule has 0 radical (unpaired) electrons. The van der Waals surface area contributed by atoms with Crippen LogP contribution in [0.2, 0.25) is 0 Å². The highest BCUT2D eigenvalue weighted by molar-refractivity contribution is 9.10. The van der Waals surface area contributed by atoms with Crippen molar-refractivity contribution in [2.45, 2.75) is 13.5 Å². The molecule has 0 bridgehead atoms. The molecule has 1 heterocycles. The van der Waals surface area contributed by atoms with E-state index in [4.69, 9.17) is 4.74 Å². The molecule has 2 amide bonds. The van der Waals surface area contributed by atoms with Crippen LogP contribution in [0.15, 0.2) is 22.7 Å². The van der Waals surface area contributed by atoms with E-state index in [2.05, 4.69) is 33.5 Å². The van der Waals surface area contributed by atoms with Gasteiger partial charge >= 0.3 is 6.03 Å². The van der Waals surface area contributed by atoms with E-state index in [1.54, 1.807) is 4.90 Å². The molecule has 0 aliphatic carbocycles. The number of amides is 2. The molecular formula is C14H20BrN3O2. The van der Waals surface area contributed by atoms with E-state index in [0.29, 0.717) is 13.2 Å². The molecule has 0 atom stereocenters. The minimum atomic E-state index is -0.00255. The molecule has 0 saturated carbocycles. The van der Waals surface area contributed by atoms with Gasteiger partial charge in [-0.1, -0.05) is 22.9 Å². The molecule has 1 aromatic carbocycles. The Kier molecular flexibility index (Phi) is 5.67. The van der Waals surface area contributed by atoms with Crippen molar-refractivity contribution >= 4 is 22.0 Å². The molecule has 0 aromatic heterocycles. The van der Waals surface area contributed by atoms with Crippen LogP contribution in [0.5, 0.6) is 5.75 Å². The maximum absolute atomic E-state index is 11.4. The van der Waals surface area contributed by atoms with E-state index in [0.717, 1.165) is 36.4 Å². The second-order valence-corrected chi connectivity index (χ2v) is 5.46. The predicted octanol–water partition coefficient (Wildman–Crippen LogP) is 1.96. The lowest BCUT2D eigenvalue weighted by Gasteiger charge is -2.15. The quantitative estimate of drug-likeness (QED) is 0.797. The minimum Gasteiger partial charge on any atom is -0.492 e. The molecule has 110 valence electrons. The molecule has 1 saturated heterocycles. The number of hydrogen-bond donors (Lipinski definition) is 2.